The zero-order valence-electron chi connectivity index (χ0n) is 8.88. The molecule has 0 spiro atoms. The number of rotatable bonds is 2. The van der Waals surface area contributed by atoms with Crippen LogP contribution in [0.4, 0.5) is 9.39 Å². The molecule has 2 nitrogen and oxygen atoms in total. The van der Waals surface area contributed by atoms with Gasteiger partial charge < -0.3 is 5.73 Å². The number of benzene rings is 1. The molecule has 0 atom stereocenters. The van der Waals surface area contributed by atoms with Gasteiger partial charge in [-0.1, -0.05) is 19.4 Å². The first-order valence-electron chi connectivity index (χ1n) is 5.08. The second-order valence-corrected chi connectivity index (χ2v) is 4.67. The Morgan fingerprint density at radius 2 is 2.25 bits per heavy atom. The normalized spacial score (nSPS) is 10.6. The molecule has 0 unspecified atom stereocenters. The fourth-order valence-electron chi connectivity index (χ4n) is 1.84. The summed E-state index contributed by atoms with van der Waals surface area (Å²) in [5.41, 5.74) is 7.15. The first-order valence-corrected chi connectivity index (χ1v) is 5.90. The summed E-state index contributed by atoms with van der Waals surface area (Å²) in [6.45, 7) is 2.05. The Hall–Kier alpha value is -1.60. The maximum Gasteiger partial charge on any atom is 0.141 e. The molecule has 1 aromatic heterocycles. The van der Waals surface area contributed by atoms with E-state index >= 15 is 0 Å². The smallest absolute Gasteiger partial charge is 0.141 e. The highest BCUT2D eigenvalue weighted by Gasteiger charge is 2.15. The highest BCUT2D eigenvalue weighted by atomic mass is 32.1. The average Bonchev–Trinajstić information content (AvgIpc) is 2.60. The quantitative estimate of drug-likeness (QED) is 0.865. The molecule has 0 radical (unpaired) electrons. The van der Waals surface area contributed by atoms with Crippen LogP contribution in [0.2, 0.25) is 0 Å². The Balaban J connectivity index is 2.84. The zero-order chi connectivity index (χ0) is 11.7. The van der Waals surface area contributed by atoms with E-state index in [1.54, 1.807) is 6.07 Å². The first-order chi connectivity index (χ1) is 7.69. The van der Waals surface area contributed by atoms with Crippen molar-refractivity contribution in [1.82, 2.24) is 0 Å². The number of hydrogen-bond donors (Lipinski definition) is 1. The van der Waals surface area contributed by atoms with Gasteiger partial charge in [0, 0.05) is 5.39 Å². The van der Waals surface area contributed by atoms with Gasteiger partial charge in [0.05, 0.1) is 10.3 Å². The second-order valence-electron chi connectivity index (χ2n) is 3.61. The van der Waals surface area contributed by atoms with Gasteiger partial charge in [-0.25, -0.2) is 4.39 Å². The fraction of sp³-hybridized carbons (Fsp3) is 0.250. The van der Waals surface area contributed by atoms with Crippen LogP contribution in [0.3, 0.4) is 0 Å². The van der Waals surface area contributed by atoms with E-state index in [0.717, 1.165) is 29.7 Å². The molecular weight excluding hydrogens is 223 g/mol. The van der Waals surface area contributed by atoms with E-state index < -0.39 is 0 Å². The van der Waals surface area contributed by atoms with Gasteiger partial charge in [-0.3, -0.25) is 0 Å². The number of aryl methyl sites for hydroxylation is 1. The lowest BCUT2D eigenvalue weighted by Gasteiger charge is -2.02. The lowest BCUT2D eigenvalue weighted by Crippen LogP contribution is -1.89. The number of nitriles is 1. The molecular formula is C12H11FN2S. The van der Waals surface area contributed by atoms with Gasteiger partial charge in [0.2, 0.25) is 0 Å². The molecule has 2 rings (SSSR count). The summed E-state index contributed by atoms with van der Waals surface area (Å²) in [7, 11) is 0. The number of nitrogens with zero attached hydrogens (tertiary/aromatic N) is 1. The Morgan fingerprint density at radius 1 is 1.50 bits per heavy atom. The third-order valence-electron chi connectivity index (χ3n) is 2.54. The Labute approximate surface area is 97.1 Å². The van der Waals surface area contributed by atoms with E-state index in [-0.39, 0.29) is 5.82 Å². The van der Waals surface area contributed by atoms with Crippen molar-refractivity contribution in [3.63, 3.8) is 0 Å². The summed E-state index contributed by atoms with van der Waals surface area (Å²) in [6.07, 6.45) is 1.79. The van der Waals surface area contributed by atoms with Crippen molar-refractivity contribution in [2.45, 2.75) is 19.8 Å². The predicted octanol–water partition coefficient (Wildman–Crippen LogP) is 3.45. The molecule has 0 saturated heterocycles. The summed E-state index contributed by atoms with van der Waals surface area (Å²) in [4.78, 5) is 0. The highest BCUT2D eigenvalue weighted by molar-refractivity contribution is 7.23. The molecule has 0 amide bonds. The predicted molar refractivity (Wildman–Crippen MR) is 64.9 cm³/mol. The standard InChI is InChI=1S/C12H11FN2S/c1-2-3-7-4-5-9(13)11-10(7)8(6-14)12(15)16-11/h4-5H,2-3,15H2,1H3. The summed E-state index contributed by atoms with van der Waals surface area (Å²) < 4.78 is 14.1. The van der Waals surface area contributed by atoms with Crippen molar-refractivity contribution in [2.24, 2.45) is 0 Å². The van der Waals surface area contributed by atoms with Crippen molar-refractivity contribution >= 4 is 26.4 Å². The van der Waals surface area contributed by atoms with Crippen LogP contribution in [0.1, 0.15) is 24.5 Å². The second kappa shape index (κ2) is 4.11. The molecule has 2 N–H and O–H groups in total. The third kappa shape index (κ3) is 1.54. The van der Waals surface area contributed by atoms with Gasteiger partial charge in [-0.05, 0) is 18.1 Å². The highest BCUT2D eigenvalue weighted by Crippen LogP contribution is 2.37. The maximum absolute atomic E-state index is 13.6. The molecule has 4 heteroatoms. The average molecular weight is 234 g/mol. The third-order valence-corrected chi connectivity index (χ3v) is 3.56. The molecule has 0 saturated carbocycles. The van der Waals surface area contributed by atoms with Crippen LogP contribution >= 0.6 is 11.3 Å². The Bertz CT molecular complexity index is 581. The fourth-order valence-corrected chi connectivity index (χ4v) is 2.82. The van der Waals surface area contributed by atoms with Crippen LogP contribution in [0.15, 0.2) is 12.1 Å². The minimum absolute atomic E-state index is 0.298. The molecule has 16 heavy (non-hydrogen) atoms. The number of halogens is 1. The number of hydrogen-bond acceptors (Lipinski definition) is 3. The SMILES string of the molecule is CCCc1ccc(F)c2sc(N)c(C#N)c12. The minimum atomic E-state index is -0.298. The van der Waals surface area contributed by atoms with Gasteiger partial charge in [0.25, 0.3) is 0 Å². The van der Waals surface area contributed by atoms with Crippen LogP contribution in [-0.2, 0) is 6.42 Å². The number of anilines is 1. The van der Waals surface area contributed by atoms with E-state index in [4.69, 9.17) is 11.0 Å². The van der Waals surface area contributed by atoms with Crippen LogP contribution in [0.5, 0.6) is 0 Å². The van der Waals surface area contributed by atoms with Crippen molar-refractivity contribution in [3.05, 3.63) is 29.1 Å². The summed E-state index contributed by atoms with van der Waals surface area (Å²) >= 11 is 1.15. The lowest BCUT2D eigenvalue weighted by molar-refractivity contribution is 0.641. The van der Waals surface area contributed by atoms with Gasteiger partial charge >= 0.3 is 0 Å². The van der Waals surface area contributed by atoms with Gasteiger partial charge in [-0.2, -0.15) is 5.26 Å². The molecule has 1 aromatic carbocycles. The summed E-state index contributed by atoms with van der Waals surface area (Å²) in [6, 6.07) is 5.26. The largest absolute Gasteiger partial charge is 0.389 e. The molecule has 0 fully saturated rings. The van der Waals surface area contributed by atoms with Crippen LogP contribution in [0, 0.1) is 17.1 Å². The first kappa shape index (κ1) is 10.9. The maximum atomic E-state index is 13.6. The van der Waals surface area contributed by atoms with Crippen LogP contribution < -0.4 is 5.73 Å². The number of thiophene rings is 1. The van der Waals surface area contributed by atoms with Crippen molar-refractivity contribution in [2.75, 3.05) is 5.73 Å². The zero-order valence-corrected chi connectivity index (χ0v) is 9.70. The lowest BCUT2D eigenvalue weighted by atomic mass is 10.0. The molecule has 0 bridgehead atoms. The number of nitrogen functional groups attached to an aromatic ring is 1. The monoisotopic (exact) mass is 234 g/mol. The molecule has 2 aromatic rings. The molecule has 0 aliphatic carbocycles. The number of nitrogens with two attached hydrogens (primary N) is 1. The molecule has 0 aliphatic heterocycles. The summed E-state index contributed by atoms with van der Waals surface area (Å²) in [5, 5.41) is 10.1. The summed E-state index contributed by atoms with van der Waals surface area (Å²) in [5.74, 6) is -0.298. The molecule has 82 valence electrons. The van der Waals surface area contributed by atoms with E-state index in [2.05, 4.69) is 13.0 Å². The van der Waals surface area contributed by atoms with Crippen molar-refractivity contribution in [1.29, 1.82) is 5.26 Å². The van der Waals surface area contributed by atoms with Gasteiger partial charge in [0.1, 0.15) is 16.9 Å². The molecule has 0 aliphatic rings. The van der Waals surface area contributed by atoms with E-state index in [1.807, 2.05) is 0 Å². The van der Waals surface area contributed by atoms with Crippen LogP contribution in [-0.4, -0.2) is 0 Å². The van der Waals surface area contributed by atoms with Gasteiger partial charge in [0.15, 0.2) is 0 Å². The van der Waals surface area contributed by atoms with E-state index in [1.165, 1.54) is 6.07 Å². The number of fused-ring (bicyclic) bond motifs is 1. The molecule has 1 heterocycles. The Kier molecular flexibility index (Phi) is 2.80. The van der Waals surface area contributed by atoms with Crippen molar-refractivity contribution in [3.8, 4) is 6.07 Å². The van der Waals surface area contributed by atoms with Crippen LogP contribution in [0.25, 0.3) is 10.1 Å². The Morgan fingerprint density at radius 3 is 2.88 bits per heavy atom. The van der Waals surface area contributed by atoms with Crippen molar-refractivity contribution < 1.29 is 4.39 Å². The van der Waals surface area contributed by atoms with E-state index in [0.29, 0.717) is 20.7 Å². The minimum Gasteiger partial charge on any atom is -0.389 e. The van der Waals surface area contributed by atoms with E-state index in [9.17, 15) is 4.39 Å². The van der Waals surface area contributed by atoms with Gasteiger partial charge in [-0.15, -0.1) is 11.3 Å². The topological polar surface area (TPSA) is 49.8 Å².